The van der Waals surface area contributed by atoms with E-state index in [4.69, 9.17) is 10.5 Å². The van der Waals surface area contributed by atoms with E-state index in [1.54, 1.807) is 25.3 Å². The predicted molar refractivity (Wildman–Crippen MR) is 104 cm³/mol. The Labute approximate surface area is 157 Å². The fraction of sp³-hybridized carbons (Fsp3) is 0.238. The second kappa shape index (κ2) is 8.24. The molecule has 0 saturated carbocycles. The van der Waals surface area contributed by atoms with E-state index in [1.807, 2.05) is 25.2 Å². The molecule has 6 heteroatoms. The minimum absolute atomic E-state index is 0.187. The summed E-state index contributed by atoms with van der Waals surface area (Å²) >= 11 is 0. The summed E-state index contributed by atoms with van der Waals surface area (Å²) in [5, 5.41) is 0.884. The van der Waals surface area contributed by atoms with Crippen LogP contribution < -0.4 is 5.73 Å². The van der Waals surface area contributed by atoms with Crippen molar-refractivity contribution in [3.05, 3.63) is 65.6 Å². The van der Waals surface area contributed by atoms with E-state index in [9.17, 15) is 9.18 Å². The smallest absolute Gasteiger partial charge is 0.267 e. The molecule has 140 valence electrons. The van der Waals surface area contributed by atoms with E-state index in [1.165, 1.54) is 12.1 Å². The fourth-order valence-corrected chi connectivity index (χ4v) is 3.00. The highest BCUT2D eigenvalue weighted by Crippen LogP contribution is 2.29. The van der Waals surface area contributed by atoms with Crippen molar-refractivity contribution < 1.29 is 13.9 Å². The molecule has 3 rings (SSSR count). The fourth-order valence-electron chi connectivity index (χ4n) is 3.00. The standard InChI is InChI=1S/C21H22FN3O2/c1-25(9-10-27-2)13-14-3-8-17-18(15-4-6-16(22)7-5-15)12-20(21(23)26)24-19(17)11-14/h3-8,11-12H,9-10,13H2,1-2H3,(H2,23,26). The number of likely N-dealkylation sites (N-methyl/N-ethyl adjacent to an activating group) is 1. The SMILES string of the molecule is COCCN(C)Cc1ccc2c(-c3ccc(F)cc3)cc(C(N)=O)nc2c1. The monoisotopic (exact) mass is 367 g/mol. The largest absolute Gasteiger partial charge is 0.383 e. The molecule has 0 atom stereocenters. The zero-order valence-electron chi connectivity index (χ0n) is 15.4. The van der Waals surface area contributed by atoms with Gasteiger partial charge in [-0.15, -0.1) is 0 Å². The number of ether oxygens (including phenoxy) is 1. The molecule has 2 aromatic carbocycles. The topological polar surface area (TPSA) is 68.5 Å². The molecule has 1 aromatic heterocycles. The summed E-state index contributed by atoms with van der Waals surface area (Å²) in [6, 6.07) is 13.8. The van der Waals surface area contributed by atoms with Crippen molar-refractivity contribution in [3.8, 4) is 11.1 Å². The number of hydrogen-bond acceptors (Lipinski definition) is 4. The Balaban J connectivity index is 2.05. The molecule has 2 N–H and O–H groups in total. The Bertz CT molecular complexity index is 958. The molecule has 0 aliphatic heterocycles. The average Bonchev–Trinajstić information content (AvgIpc) is 2.66. The number of pyridine rings is 1. The quantitative estimate of drug-likeness (QED) is 0.696. The Hall–Kier alpha value is -2.83. The Morgan fingerprint density at radius 3 is 2.59 bits per heavy atom. The van der Waals surface area contributed by atoms with Gasteiger partial charge in [0, 0.05) is 25.6 Å². The summed E-state index contributed by atoms with van der Waals surface area (Å²) in [7, 11) is 3.69. The third-order valence-corrected chi connectivity index (χ3v) is 4.41. The van der Waals surface area contributed by atoms with Crippen LogP contribution in [0.15, 0.2) is 48.5 Å². The maximum absolute atomic E-state index is 13.3. The number of carbonyl (C=O) groups is 1. The van der Waals surface area contributed by atoms with Crippen LogP contribution in [0.2, 0.25) is 0 Å². The Kier molecular flexibility index (Phi) is 5.78. The number of nitrogens with two attached hydrogens (primary N) is 1. The first-order valence-electron chi connectivity index (χ1n) is 8.65. The van der Waals surface area contributed by atoms with Gasteiger partial charge in [-0.3, -0.25) is 9.69 Å². The molecule has 0 fully saturated rings. The number of carbonyl (C=O) groups excluding carboxylic acids is 1. The van der Waals surface area contributed by atoms with E-state index in [0.29, 0.717) is 12.1 Å². The molecule has 5 nitrogen and oxygen atoms in total. The van der Waals surface area contributed by atoms with Gasteiger partial charge in [0.15, 0.2) is 0 Å². The molecule has 0 aliphatic carbocycles. The summed E-state index contributed by atoms with van der Waals surface area (Å²) in [5.74, 6) is -0.906. The van der Waals surface area contributed by atoms with Gasteiger partial charge in [-0.05, 0) is 48.0 Å². The number of aromatic nitrogens is 1. The van der Waals surface area contributed by atoms with Crippen molar-refractivity contribution >= 4 is 16.8 Å². The van der Waals surface area contributed by atoms with Crippen LogP contribution in [-0.4, -0.2) is 43.1 Å². The third-order valence-electron chi connectivity index (χ3n) is 4.41. The molecule has 0 spiro atoms. The summed E-state index contributed by atoms with van der Waals surface area (Å²) in [5.41, 5.74) is 9.01. The summed E-state index contributed by atoms with van der Waals surface area (Å²) in [6.07, 6.45) is 0. The lowest BCUT2D eigenvalue weighted by molar-refractivity contribution is 0.0996. The molecule has 1 amide bonds. The van der Waals surface area contributed by atoms with Crippen molar-refractivity contribution in [2.75, 3.05) is 27.3 Å². The number of halogens is 1. The molecule has 0 saturated heterocycles. The van der Waals surface area contributed by atoms with E-state index in [2.05, 4.69) is 9.88 Å². The van der Waals surface area contributed by atoms with Gasteiger partial charge in [0.05, 0.1) is 12.1 Å². The third kappa shape index (κ3) is 4.48. The highest BCUT2D eigenvalue weighted by molar-refractivity contribution is 6.00. The molecular weight excluding hydrogens is 345 g/mol. The number of fused-ring (bicyclic) bond motifs is 1. The second-order valence-electron chi connectivity index (χ2n) is 6.51. The summed E-state index contributed by atoms with van der Waals surface area (Å²) in [4.78, 5) is 18.3. The number of primary amides is 1. The molecule has 0 unspecified atom stereocenters. The average molecular weight is 367 g/mol. The van der Waals surface area contributed by atoms with Gasteiger partial charge in [0.2, 0.25) is 0 Å². The van der Waals surface area contributed by atoms with E-state index >= 15 is 0 Å². The molecule has 3 aromatic rings. The van der Waals surface area contributed by atoms with E-state index in [0.717, 1.165) is 35.2 Å². The summed E-state index contributed by atoms with van der Waals surface area (Å²) in [6.45, 7) is 2.20. The van der Waals surface area contributed by atoms with Gasteiger partial charge in [0.1, 0.15) is 11.5 Å². The van der Waals surface area contributed by atoms with Crippen molar-refractivity contribution in [3.63, 3.8) is 0 Å². The van der Waals surface area contributed by atoms with Crippen molar-refractivity contribution in [2.45, 2.75) is 6.54 Å². The zero-order chi connectivity index (χ0) is 19.4. The lowest BCUT2D eigenvalue weighted by Crippen LogP contribution is -2.22. The van der Waals surface area contributed by atoms with Gasteiger partial charge >= 0.3 is 0 Å². The number of amides is 1. The molecule has 0 bridgehead atoms. The molecule has 0 aliphatic rings. The van der Waals surface area contributed by atoms with E-state index in [-0.39, 0.29) is 11.5 Å². The van der Waals surface area contributed by atoms with Gasteiger partial charge < -0.3 is 10.5 Å². The first-order chi connectivity index (χ1) is 13.0. The van der Waals surface area contributed by atoms with Crippen LogP contribution >= 0.6 is 0 Å². The highest BCUT2D eigenvalue weighted by Gasteiger charge is 2.12. The first kappa shape index (κ1) is 18.9. The van der Waals surface area contributed by atoms with Crippen LogP contribution in [0.5, 0.6) is 0 Å². The Morgan fingerprint density at radius 2 is 1.93 bits per heavy atom. The van der Waals surface area contributed by atoms with Crippen molar-refractivity contribution in [1.82, 2.24) is 9.88 Å². The van der Waals surface area contributed by atoms with Crippen LogP contribution in [0.3, 0.4) is 0 Å². The van der Waals surface area contributed by atoms with Crippen LogP contribution in [0.25, 0.3) is 22.0 Å². The van der Waals surface area contributed by atoms with Gasteiger partial charge in [-0.1, -0.05) is 24.3 Å². The normalized spacial score (nSPS) is 11.3. The van der Waals surface area contributed by atoms with Crippen LogP contribution in [0, 0.1) is 5.82 Å². The number of nitrogens with zero attached hydrogens (tertiary/aromatic N) is 2. The lowest BCUT2D eigenvalue weighted by Gasteiger charge is -2.17. The second-order valence-corrected chi connectivity index (χ2v) is 6.51. The highest BCUT2D eigenvalue weighted by atomic mass is 19.1. The number of benzene rings is 2. The van der Waals surface area contributed by atoms with Crippen molar-refractivity contribution in [1.29, 1.82) is 0 Å². The maximum atomic E-state index is 13.3. The minimum Gasteiger partial charge on any atom is -0.383 e. The predicted octanol–water partition coefficient (Wildman–Crippen LogP) is 3.22. The van der Waals surface area contributed by atoms with Gasteiger partial charge in [0.25, 0.3) is 5.91 Å². The zero-order valence-corrected chi connectivity index (χ0v) is 15.4. The number of rotatable bonds is 7. The maximum Gasteiger partial charge on any atom is 0.267 e. The number of methoxy groups -OCH3 is 1. The van der Waals surface area contributed by atoms with Gasteiger partial charge in [-0.25, -0.2) is 9.37 Å². The minimum atomic E-state index is -0.595. The van der Waals surface area contributed by atoms with Crippen LogP contribution in [-0.2, 0) is 11.3 Å². The van der Waals surface area contributed by atoms with Crippen molar-refractivity contribution in [2.24, 2.45) is 5.73 Å². The van der Waals surface area contributed by atoms with Crippen LogP contribution in [0.4, 0.5) is 4.39 Å². The summed E-state index contributed by atoms with van der Waals surface area (Å²) < 4.78 is 18.4. The molecule has 0 radical (unpaired) electrons. The lowest BCUT2D eigenvalue weighted by atomic mass is 9.98. The van der Waals surface area contributed by atoms with Gasteiger partial charge in [-0.2, -0.15) is 0 Å². The Morgan fingerprint density at radius 1 is 1.19 bits per heavy atom. The molecular formula is C21H22FN3O2. The van der Waals surface area contributed by atoms with Crippen LogP contribution in [0.1, 0.15) is 16.1 Å². The first-order valence-corrected chi connectivity index (χ1v) is 8.65. The molecule has 27 heavy (non-hydrogen) atoms. The number of hydrogen-bond donors (Lipinski definition) is 1. The van der Waals surface area contributed by atoms with E-state index < -0.39 is 5.91 Å². The molecule has 1 heterocycles.